The number of carbonyl (C=O) groups excluding carboxylic acids is 2. The van der Waals surface area contributed by atoms with Gasteiger partial charge in [0.25, 0.3) is 0 Å². The first kappa shape index (κ1) is 20.5. The zero-order chi connectivity index (χ0) is 20.7. The molecule has 4 rings (SSSR count). The molecule has 3 fully saturated rings. The molecule has 0 aliphatic carbocycles. The van der Waals surface area contributed by atoms with Crippen LogP contribution in [0.3, 0.4) is 0 Å². The lowest BCUT2D eigenvalue weighted by atomic mass is 10.1. The third-order valence-electron chi connectivity index (χ3n) is 6.40. The number of nitriles is 1. The monoisotopic (exact) mass is 434 g/mol. The van der Waals surface area contributed by atoms with Gasteiger partial charge in [-0.3, -0.25) is 14.5 Å². The van der Waals surface area contributed by atoms with Gasteiger partial charge in [-0.05, 0) is 31.4 Å². The highest BCUT2D eigenvalue weighted by atomic mass is 35.5. The summed E-state index contributed by atoms with van der Waals surface area (Å²) in [7, 11) is 0. The van der Waals surface area contributed by atoms with Crippen molar-refractivity contribution in [3.05, 3.63) is 33.8 Å². The average molecular weight is 435 g/mol. The Hall–Kier alpha value is -1.81. The first-order valence-corrected chi connectivity index (χ1v) is 10.8. The van der Waals surface area contributed by atoms with Gasteiger partial charge in [-0.2, -0.15) is 5.26 Å². The first-order valence-electron chi connectivity index (χ1n) is 10.1. The molecule has 6 nitrogen and oxygen atoms in total. The molecule has 3 aliphatic heterocycles. The number of hydrogen-bond acceptors (Lipinski definition) is 4. The molecular weight excluding hydrogens is 411 g/mol. The van der Waals surface area contributed by atoms with Crippen molar-refractivity contribution in [3.63, 3.8) is 0 Å². The number of rotatable bonds is 5. The van der Waals surface area contributed by atoms with Gasteiger partial charge in [0.15, 0.2) is 0 Å². The van der Waals surface area contributed by atoms with Gasteiger partial charge in [0.1, 0.15) is 6.04 Å². The number of nitrogens with zero attached hydrogens (tertiary/aromatic N) is 4. The average Bonchev–Trinajstić information content (AvgIpc) is 3.39. The minimum absolute atomic E-state index is 0.0176. The summed E-state index contributed by atoms with van der Waals surface area (Å²) in [5.74, 6) is -0.139. The summed E-state index contributed by atoms with van der Waals surface area (Å²) in [6.45, 7) is 4.25. The fourth-order valence-corrected chi connectivity index (χ4v) is 5.39. The summed E-state index contributed by atoms with van der Waals surface area (Å²) in [5.41, 5.74) is 0.781. The van der Waals surface area contributed by atoms with E-state index in [0.717, 1.165) is 31.4 Å². The molecule has 0 N–H and O–H groups in total. The van der Waals surface area contributed by atoms with Gasteiger partial charge in [-0.25, -0.2) is 0 Å². The first-order chi connectivity index (χ1) is 13.9. The van der Waals surface area contributed by atoms with E-state index in [2.05, 4.69) is 11.0 Å². The Morgan fingerprint density at radius 1 is 1.34 bits per heavy atom. The van der Waals surface area contributed by atoms with E-state index in [1.807, 2.05) is 11.8 Å². The van der Waals surface area contributed by atoms with Crippen molar-refractivity contribution in [1.82, 2.24) is 14.7 Å². The molecule has 0 spiro atoms. The topological polar surface area (TPSA) is 67.7 Å². The van der Waals surface area contributed by atoms with Crippen molar-refractivity contribution in [2.45, 2.75) is 50.9 Å². The number of piperazine rings is 1. The van der Waals surface area contributed by atoms with Crippen molar-refractivity contribution in [1.29, 1.82) is 5.26 Å². The van der Waals surface area contributed by atoms with Crippen LogP contribution in [0.15, 0.2) is 18.2 Å². The molecule has 3 aliphatic rings. The number of benzene rings is 1. The summed E-state index contributed by atoms with van der Waals surface area (Å²) in [4.78, 5) is 31.5. The second-order valence-electron chi connectivity index (χ2n) is 8.25. The fourth-order valence-electron chi connectivity index (χ4n) is 4.87. The van der Waals surface area contributed by atoms with Crippen molar-refractivity contribution >= 4 is 35.0 Å². The Labute approximate surface area is 180 Å². The Balaban J connectivity index is 1.39. The lowest BCUT2D eigenvalue weighted by molar-refractivity contribution is -0.140. The predicted molar refractivity (Wildman–Crippen MR) is 110 cm³/mol. The third kappa shape index (κ3) is 3.72. The molecule has 0 radical (unpaired) electrons. The van der Waals surface area contributed by atoms with E-state index >= 15 is 0 Å². The molecule has 1 aromatic rings. The zero-order valence-corrected chi connectivity index (χ0v) is 17.9. The molecule has 3 saturated heterocycles. The van der Waals surface area contributed by atoms with Gasteiger partial charge in [0, 0.05) is 53.7 Å². The normalized spacial score (nSPS) is 27.5. The molecule has 8 heteroatoms. The van der Waals surface area contributed by atoms with E-state index in [1.165, 1.54) is 0 Å². The molecule has 2 amide bonds. The van der Waals surface area contributed by atoms with Crippen LogP contribution in [0.4, 0.5) is 0 Å². The van der Waals surface area contributed by atoms with Crippen molar-refractivity contribution < 1.29 is 9.59 Å². The molecule has 0 saturated carbocycles. The maximum atomic E-state index is 13.0. The van der Waals surface area contributed by atoms with Crippen molar-refractivity contribution in [3.8, 4) is 6.07 Å². The molecule has 29 heavy (non-hydrogen) atoms. The molecule has 154 valence electrons. The number of halogens is 2. The maximum Gasteiger partial charge on any atom is 0.240 e. The van der Waals surface area contributed by atoms with Crippen LogP contribution in [0.2, 0.25) is 10.0 Å². The molecule has 0 aromatic heterocycles. The van der Waals surface area contributed by atoms with Crippen LogP contribution in [0.25, 0.3) is 0 Å². The third-order valence-corrected chi connectivity index (χ3v) is 7.10. The van der Waals surface area contributed by atoms with E-state index in [9.17, 15) is 14.9 Å². The number of amides is 2. The largest absolute Gasteiger partial charge is 0.333 e. The fraction of sp³-hybridized carbons (Fsp3) is 0.571. The lowest BCUT2D eigenvalue weighted by Gasteiger charge is -2.35. The highest BCUT2D eigenvalue weighted by Crippen LogP contribution is 2.36. The predicted octanol–water partition coefficient (Wildman–Crippen LogP) is 2.93. The molecule has 4 atom stereocenters. The van der Waals surface area contributed by atoms with Gasteiger partial charge in [0.05, 0.1) is 12.1 Å². The van der Waals surface area contributed by atoms with Gasteiger partial charge >= 0.3 is 0 Å². The second-order valence-corrected chi connectivity index (χ2v) is 9.06. The summed E-state index contributed by atoms with van der Waals surface area (Å²) < 4.78 is 0. The highest BCUT2D eigenvalue weighted by molar-refractivity contribution is 6.36. The quantitative estimate of drug-likeness (QED) is 0.714. The van der Waals surface area contributed by atoms with Gasteiger partial charge < -0.3 is 9.80 Å². The Bertz CT molecular complexity index is 850. The van der Waals surface area contributed by atoms with Crippen molar-refractivity contribution in [2.75, 3.05) is 19.6 Å². The standard InChI is InChI=1S/C21H24Cl2N4O2/c1-13(20(28)26-7-3-4-14(26)9-24)10-25-11-15-8-19(25)21(29)27(15)12-16-17(22)5-2-6-18(16)23/h2,5-6,13-15,19H,3-4,7-8,10-12H2,1H3/t13-,14-,15+,19+/m0/s1. The number of likely N-dealkylation sites (tertiary alicyclic amines) is 3. The van der Waals surface area contributed by atoms with Crippen LogP contribution in [0.5, 0.6) is 0 Å². The van der Waals surface area contributed by atoms with E-state index in [0.29, 0.717) is 29.7 Å². The highest BCUT2D eigenvalue weighted by Gasteiger charge is 2.50. The van der Waals surface area contributed by atoms with Crippen LogP contribution in [-0.4, -0.2) is 64.3 Å². The molecular formula is C21H24Cl2N4O2. The second kappa shape index (κ2) is 8.14. The Morgan fingerprint density at radius 2 is 2.07 bits per heavy atom. The van der Waals surface area contributed by atoms with Gasteiger partial charge in [0.2, 0.25) is 11.8 Å². The van der Waals surface area contributed by atoms with Crippen molar-refractivity contribution in [2.24, 2.45) is 5.92 Å². The summed E-state index contributed by atoms with van der Waals surface area (Å²) in [6.07, 6.45) is 2.40. The molecule has 3 heterocycles. The smallest absolute Gasteiger partial charge is 0.240 e. The Morgan fingerprint density at radius 3 is 2.72 bits per heavy atom. The molecule has 0 unspecified atom stereocenters. The van der Waals surface area contributed by atoms with E-state index < -0.39 is 0 Å². The zero-order valence-electron chi connectivity index (χ0n) is 16.4. The number of carbonyl (C=O) groups is 2. The number of hydrogen-bond donors (Lipinski definition) is 0. The Kier molecular flexibility index (Phi) is 5.74. The van der Waals surface area contributed by atoms with Crippen LogP contribution in [0, 0.1) is 17.2 Å². The van der Waals surface area contributed by atoms with E-state index in [-0.39, 0.29) is 35.9 Å². The van der Waals surface area contributed by atoms with Crippen LogP contribution in [0.1, 0.15) is 31.7 Å². The lowest BCUT2D eigenvalue weighted by Crippen LogP contribution is -2.52. The summed E-state index contributed by atoms with van der Waals surface area (Å²) >= 11 is 12.6. The SMILES string of the molecule is C[C@@H](CN1C[C@H]2C[C@@H]1C(=O)N2Cc1c(Cl)cccc1Cl)C(=O)N1CCC[C@H]1C#N. The summed E-state index contributed by atoms with van der Waals surface area (Å²) in [5, 5.41) is 10.4. The molecule has 2 bridgehead atoms. The van der Waals surface area contributed by atoms with Crippen LogP contribution >= 0.6 is 23.2 Å². The number of fused-ring (bicyclic) bond motifs is 2. The maximum absolute atomic E-state index is 13.0. The minimum atomic E-state index is -0.308. The summed E-state index contributed by atoms with van der Waals surface area (Å²) in [6, 6.07) is 7.20. The van der Waals surface area contributed by atoms with Gasteiger partial charge in [-0.15, -0.1) is 0 Å². The van der Waals surface area contributed by atoms with Crippen LogP contribution in [-0.2, 0) is 16.1 Å². The minimum Gasteiger partial charge on any atom is -0.333 e. The van der Waals surface area contributed by atoms with Crippen LogP contribution < -0.4 is 0 Å². The van der Waals surface area contributed by atoms with E-state index in [1.54, 1.807) is 23.1 Å². The molecule has 1 aromatic carbocycles. The van der Waals surface area contributed by atoms with E-state index in [4.69, 9.17) is 23.2 Å². The van der Waals surface area contributed by atoms with Gasteiger partial charge in [-0.1, -0.05) is 36.2 Å².